The van der Waals surface area contributed by atoms with Crippen molar-refractivity contribution in [1.29, 1.82) is 0 Å². The van der Waals surface area contributed by atoms with Gasteiger partial charge in [-0.15, -0.1) is 0 Å². The van der Waals surface area contributed by atoms with Crippen LogP contribution in [0.4, 0.5) is 0 Å². The van der Waals surface area contributed by atoms with Crippen LogP contribution in [0.15, 0.2) is 59.4 Å². The fourth-order valence-electron chi connectivity index (χ4n) is 9.15. The monoisotopic (exact) mass is 644 g/mol. The van der Waals surface area contributed by atoms with Gasteiger partial charge in [0.2, 0.25) is 5.78 Å². The molecule has 0 radical (unpaired) electrons. The number of carbonyl (C=O) groups is 3. The summed E-state index contributed by atoms with van der Waals surface area (Å²) in [5, 5.41) is 59.9. The van der Waals surface area contributed by atoms with Crippen LogP contribution in [0.1, 0.15) is 103 Å². The Kier molecular flexibility index (Phi) is 8.42. The second-order valence-corrected chi connectivity index (χ2v) is 15.3. The lowest BCUT2D eigenvalue weighted by molar-refractivity contribution is -0.215. The van der Waals surface area contributed by atoms with E-state index in [1.165, 1.54) is 12.5 Å². The summed E-state index contributed by atoms with van der Waals surface area (Å²) in [5.74, 6) is -7.03. The molecular weight excluding hydrogens is 596 g/mol. The van der Waals surface area contributed by atoms with Gasteiger partial charge in [-0.25, -0.2) is 0 Å². The van der Waals surface area contributed by atoms with Crippen molar-refractivity contribution in [2.75, 3.05) is 0 Å². The Hall–Kier alpha value is -3.75. The third kappa shape index (κ3) is 4.58. The molecule has 1 fully saturated rings. The zero-order chi connectivity index (χ0) is 35.0. The number of aliphatic hydroxyl groups is 4. The molecule has 0 bridgehead atoms. The number of aromatic hydroxyl groups is 1. The Morgan fingerprint density at radius 3 is 2.17 bits per heavy atom. The summed E-state index contributed by atoms with van der Waals surface area (Å²) in [7, 11) is 0. The van der Waals surface area contributed by atoms with Crippen LogP contribution in [0, 0.1) is 22.7 Å². The van der Waals surface area contributed by atoms with Crippen molar-refractivity contribution in [2.45, 2.75) is 104 Å². The van der Waals surface area contributed by atoms with E-state index in [9.17, 15) is 39.9 Å². The number of allylic oxidation sites excluding steroid dienone is 1. The number of benzene rings is 2. The Morgan fingerprint density at radius 1 is 0.979 bits per heavy atom. The zero-order valence-electron chi connectivity index (χ0n) is 28.6. The summed E-state index contributed by atoms with van der Waals surface area (Å²) in [6, 6.07) is 13.8. The Bertz CT molecular complexity index is 1720. The number of hydrogen-bond acceptors (Lipinski definition) is 8. The smallest absolute Gasteiger partial charge is 0.203 e. The fraction of sp³-hybridized carbons (Fsp3) is 0.513. The van der Waals surface area contributed by atoms with Crippen molar-refractivity contribution in [3.05, 3.63) is 81.6 Å². The molecule has 0 aromatic heterocycles. The van der Waals surface area contributed by atoms with Gasteiger partial charge in [-0.05, 0) is 54.6 Å². The van der Waals surface area contributed by atoms with Gasteiger partial charge in [0.1, 0.15) is 22.8 Å². The first kappa shape index (κ1) is 34.6. The lowest BCUT2D eigenvalue weighted by atomic mass is 9.40. The van der Waals surface area contributed by atoms with Gasteiger partial charge in [-0.1, -0.05) is 97.4 Å². The first-order valence-electron chi connectivity index (χ1n) is 16.6. The van der Waals surface area contributed by atoms with Crippen LogP contribution < -0.4 is 0 Å². The molecule has 1 unspecified atom stereocenters. The fourth-order valence-corrected chi connectivity index (χ4v) is 9.15. The summed E-state index contributed by atoms with van der Waals surface area (Å²) in [4.78, 5) is 41.1. The number of ketones is 3. The molecule has 2 aromatic rings. The average Bonchev–Trinajstić information content (AvgIpc) is 2.99. The van der Waals surface area contributed by atoms with Crippen molar-refractivity contribution < 1.29 is 39.9 Å². The van der Waals surface area contributed by atoms with E-state index in [0.29, 0.717) is 11.1 Å². The molecule has 2 aromatic carbocycles. The minimum atomic E-state index is -2.90. The molecule has 0 spiro atoms. The summed E-state index contributed by atoms with van der Waals surface area (Å²) in [5.41, 5.74) is -5.59. The molecule has 3 aliphatic rings. The van der Waals surface area contributed by atoms with Crippen LogP contribution >= 0.6 is 0 Å². The standard InChI is InChI=1S/C39H48O8/c1-20(2)28-31(42)26(22(4)40)33(44)39(47)34(45)29-32(43)27-24(21(3)37(29,7)35(46)38(28,39)8)17-18-25(30(27)41)36(5,6)19-13-12-16-23-14-10-9-11-15-23/h9-11,14-15,17-18,20-21,28,35,41,43-44,46-47H,12-13,16,19H2,1-8H3/t21-,28?,35-,37+,38+,39+/m1/s1. The van der Waals surface area contributed by atoms with Crippen LogP contribution in [-0.4, -0.2) is 54.6 Å². The number of fused-ring (bicyclic) bond motifs is 3. The Labute approximate surface area is 276 Å². The number of hydrogen-bond donors (Lipinski definition) is 5. The molecule has 8 nitrogen and oxygen atoms in total. The number of aliphatic hydroxyl groups excluding tert-OH is 3. The van der Waals surface area contributed by atoms with Crippen LogP contribution in [-0.2, 0) is 26.2 Å². The second kappa shape index (κ2) is 11.4. The number of phenols is 1. The largest absolute Gasteiger partial charge is 0.508 e. The number of carbonyl (C=O) groups excluding carboxylic acids is 3. The van der Waals surface area contributed by atoms with Crippen LogP contribution in [0.5, 0.6) is 5.75 Å². The second-order valence-electron chi connectivity index (χ2n) is 15.3. The van der Waals surface area contributed by atoms with Crippen LogP contribution in [0.2, 0.25) is 0 Å². The number of phenolic OH excluding ortho intramolecular Hbond substituents is 1. The van der Waals surface area contributed by atoms with Gasteiger partial charge < -0.3 is 25.5 Å². The lowest BCUT2D eigenvalue weighted by Gasteiger charge is -2.63. The quantitative estimate of drug-likeness (QED) is 0.163. The highest BCUT2D eigenvalue weighted by molar-refractivity contribution is 6.24. The minimum Gasteiger partial charge on any atom is -0.508 e. The minimum absolute atomic E-state index is 0.0372. The van der Waals surface area contributed by atoms with E-state index in [2.05, 4.69) is 12.1 Å². The van der Waals surface area contributed by atoms with Gasteiger partial charge in [0.25, 0.3) is 0 Å². The number of aryl methyl sites for hydroxylation is 1. The van der Waals surface area contributed by atoms with Crippen LogP contribution in [0.25, 0.3) is 5.76 Å². The zero-order valence-corrected chi connectivity index (χ0v) is 28.6. The van der Waals surface area contributed by atoms with Gasteiger partial charge in [0.15, 0.2) is 17.2 Å². The van der Waals surface area contributed by atoms with Gasteiger partial charge in [-0.2, -0.15) is 0 Å². The van der Waals surface area contributed by atoms with Crippen molar-refractivity contribution in [2.24, 2.45) is 22.7 Å². The highest BCUT2D eigenvalue weighted by atomic mass is 16.4. The summed E-state index contributed by atoms with van der Waals surface area (Å²) in [6.45, 7) is 13.3. The molecule has 3 aliphatic carbocycles. The Balaban J connectivity index is 1.64. The van der Waals surface area contributed by atoms with Gasteiger partial charge in [0, 0.05) is 22.3 Å². The third-order valence-electron chi connectivity index (χ3n) is 11.9. The molecule has 1 saturated carbocycles. The van der Waals surface area contributed by atoms with Gasteiger partial charge in [0.05, 0.1) is 17.2 Å². The first-order valence-corrected chi connectivity index (χ1v) is 16.6. The molecule has 0 saturated heterocycles. The van der Waals surface area contributed by atoms with Crippen molar-refractivity contribution in [3.8, 4) is 5.75 Å². The maximum Gasteiger partial charge on any atom is 0.203 e. The van der Waals surface area contributed by atoms with E-state index in [-0.39, 0.29) is 16.9 Å². The summed E-state index contributed by atoms with van der Waals surface area (Å²) < 4.78 is 0. The van der Waals surface area contributed by atoms with Crippen LogP contribution in [0.3, 0.4) is 0 Å². The Morgan fingerprint density at radius 2 is 1.60 bits per heavy atom. The van der Waals surface area contributed by atoms with E-state index >= 15 is 0 Å². The number of unbranched alkanes of at least 4 members (excludes halogenated alkanes) is 1. The molecular formula is C39H48O8. The molecule has 6 atom stereocenters. The van der Waals surface area contributed by atoms with Crippen molar-refractivity contribution in [3.63, 3.8) is 0 Å². The molecule has 5 rings (SSSR count). The van der Waals surface area contributed by atoms with Crippen molar-refractivity contribution >= 4 is 23.1 Å². The van der Waals surface area contributed by atoms with E-state index in [0.717, 1.165) is 32.6 Å². The normalized spacial score (nSPS) is 30.7. The SMILES string of the molecule is CC(=O)C1=C(O)[C@]2(O)C(=O)C3=C(O)c4c(ccc(C(C)(C)CCCCc5ccccc5)c4O)[C@@H](C)[C@]3(C)[C@@H](O)[C@]2(C)C(C(C)C)C1=O. The highest BCUT2D eigenvalue weighted by Crippen LogP contribution is 2.67. The van der Waals surface area contributed by atoms with Gasteiger partial charge >= 0.3 is 0 Å². The molecule has 47 heavy (non-hydrogen) atoms. The maximum atomic E-state index is 14.7. The summed E-state index contributed by atoms with van der Waals surface area (Å²) in [6.07, 6.45) is 1.86. The number of Topliss-reactive ketones (excluding diaryl/α,β-unsaturated/α-hetero) is 3. The maximum absolute atomic E-state index is 14.7. The first-order chi connectivity index (χ1) is 21.8. The molecule has 252 valence electrons. The molecule has 5 N–H and O–H groups in total. The van der Waals surface area contributed by atoms with E-state index < -0.39 is 80.1 Å². The molecule has 0 amide bonds. The molecule has 0 aliphatic heterocycles. The highest BCUT2D eigenvalue weighted by Gasteiger charge is 2.77. The van der Waals surface area contributed by atoms with E-state index in [4.69, 9.17) is 0 Å². The third-order valence-corrected chi connectivity index (χ3v) is 11.9. The predicted molar refractivity (Wildman–Crippen MR) is 179 cm³/mol. The van der Waals surface area contributed by atoms with Crippen molar-refractivity contribution in [1.82, 2.24) is 0 Å². The summed E-state index contributed by atoms with van der Waals surface area (Å²) >= 11 is 0. The average molecular weight is 645 g/mol. The van der Waals surface area contributed by atoms with E-state index in [1.807, 2.05) is 38.1 Å². The van der Waals surface area contributed by atoms with Gasteiger partial charge in [-0.3, -0.25) is 14.4 Å². The molecule has 0 heterocycles. The van der Waals surface area contributed by atoms with E-state index in [1.54, 1.807) is 33.8 Å². The molecule has 8 heteroatoms. The lowest BCUT2D eigenvalue weighted by Crippen LogP contribution is -2.75. The topological polar surface area (TPSA) is 152 Å². The number of rotatable bonds is 8. The predicted octanol–water partition coefficient (Wildman–Crippen LogP) is 6.41.